The highest BCUT2D eigenvalue weighted by atomic mass is 16.5. The number of hydrogen-bond acceptors (Lipinski definition) is 7. The maximum Gasteiger partial charge on any atom is 0.307 e. The Morgan fingerprint density at radius 1 is 1.03 bits per heavy atom. The van der Waals surface area contributed by atoms with Crippen LogP contribution >= 0.6 is 0 Å². The Morgan fingerprint density at radius 3 is 2.39 bits per heavy atom. The van der Waals surface area contributed by atoms with Crippen molar-refractivity contribution in [3.63, 3.8) is 0 Å². The second-order valence-corrected chi connectivity index (χ2v) is 6.71. The summed E-state index contributed by atoms with van der Waals surface area (Å²) in [6.07, 6.45) is 3.07. The number of aromatic nitrogens is 3. The van der Waals surface area contributed by atoms with Crippen LogP contribution in [0.25, 0.3) is 0 Å². The lowest BCUT2D eigenvalue weighted by Crippen LogP contribution is -2.30. The first-order valence-corrected chi connectivity index (χ1v) is 9.55. The summed E-state index contributed by atoms with van der Waals surface area (Å²) in [5, 5.41) is 6.97. The number of carbonyl (C=O) groups is 2. The number of methoxy groups -OCH3 is 3. The number of esters is 1. The summed E-state index contributed by atoms with van der Waals surface area (Å²) in [5.74, 6) is 0.304. The van der Waals surface area contributed by atoms with Crippen LogP contribution in [-0.4, -0.2) is 48.0 Å². The summed E-state index contributed by atoms with van der Waals surface area (Å²) in [4.78, 5) is 28.7. The van der Waals surface area contributed by atoms with Gasteiger partial charge < -0.3 is 19.5 Å². The van der Waals surface area contributed by atoms with Crippen LogP contribution in [0, 0.1) is 0 Å². The summed E-state index contributed by atoms with van der Waals surface area (Å²) < 4.78 is 17.1. The third-order valence-corrected chi connectivity index (χ3v) is 4.74. The molecule has 9 heteroatoms. The fraction of sp³-hybridized carbons (Fsp3) is 0.273. The van der Waals surface area contributed by atoms with Crippen LogP contribution in [0.2, 0.25) is 0 Å². The van der Waals surface area contributed by atoms with E-state index in [2.05, 4.69) is 15.4 Å². The van der Waals surface area contributed by atoms with Crippen molar-refractivity contribution in [2.24, 2.45) is 0 Å². The van der Waals surface area contributed by atoms with Crippen molar-refractivity contribution in [3.05, 3.63) is 71.8 Å². The van der Waals surface area contributed by atoms with Crippen molar-refractivity contribution in [3.8, 4) is 11.5 Å². The predicted octanol–water partition coefficient (Wildman–Crippen LogP) is 2.38. The zero-order chi connectivity index (χ0) is 22.2. The lowest BCUT2D eigenvalue weighted by Gasteiger charge is -2.20. The first kappa shape index (κ1) is 21.8. The minimum atomic E-state index is -0.602. The number of nitrogens with zero attached hydrogens (tertiary/aromatic N) is 3. The summed E-state index contributed by atoms with van der Waals surface area (Å²) in [6.45, 7) is 0.554. The van der Waals surface area contributed by atoms with Crippen molar-refractivity contribution in [1.82, 2.24) is 20.1 Å². The van der Waals surface area contributed by atoms with Crippen molar-refractivity contribution in [1.29, 1.82) is 0 Å². The van der Waals surface area contributed by atoms with Crippen LogP contribution < -0.4 is 14.8 Å². The number of rotatable bonds is 9. The van der Waals surface area contributed by atoms with Gasteiger partial charge in [-0.3, -0.25) is 9.59 Å². The number of benzene rings is 2. The molecule has 2 aromatic carbocycles. The van der Waals surface area contributed by atoms with E-state index in [-0.39, 0.29) is 12.3 Å². The molecular formula is C22H24N4O5. The van der Waals surface area contributed by atoms with Crippen LogP contribution in [0.15, 0.2) is 55.1 Å². The van der Waals surface area contributed by atoms with Gasteiger partial charge in [0.25, 0.3) is 5.91 Å². The SMILES string of the molecule is COC(=O)CC(NC(=O)c1ccc(Cn2cncn2)cc1)c1ccc(OC)c(OC)c1. The van der Waals surface area contributed by atoms with Crippen LogP contribution in [0.5, 0.6) is 11.5 Å². The fourth-order valence-corrected chi connectivity index (χ4v) is 3.08. The molecule has 0 aliphatic rings. The van der Waals surface area contributed by atoms with E-state index in [1.54, 1.807) is 41.3 Å². The first-order chi connectivity index (χ1) is 15.0. The van der Waals surface area contributed by atoms with E-state index in [0.717, 1.165) is 5.56 Å². The van der Waals surface area contributed by atoms with E-state index in [9.17, 15) is 9.59 Å². The van der Waals surface area contributed by atoms with E-state index in [0.29, 0.717) is 29.2 Å². The summed E-state index contributed by atoms with van der Waals surface area (Å²) in [7, 11) is 4.37. The Morgan fingerprint density at radius 2 is 1.77 bits per heavy atom. The van der Waals surface area contributed by atoms with Gasteiger partial charge in [-0.2, -0.15) is 5.10 Å². The van der Waals surface area contributed by atoms with Gasteiger partial charge in [0.15, 0.2) is 11.5 Å². The van der Waals surface area contributed by atoms with Crippen LogP contribution in [0.3, 0.4) is 0 Å². The second-order valence-electron chi connectivity index (χ2n) is 6.71. The molecular weight excluding hydrogens is 400 g/mol. The molecule has 9 nitrogen and oxygen atoms in total. The third kappa shape index (κ3) is 5.59. The maximum atomic E-state index is 12.9. The molecule has 3 rings (SSSR count). The van der Waals surface area contributed by atoms with Crippen molar-refractivity contribution in [2.75, 3.05) is 21.3 Å². The summed E-state index contributed by atoms with van der Waals surface area (Å²) in [6, 6.07) is 11.8. The third-order valence-electron chi connectivity index (χ3n) is 4.74. The maximum absolute atomic E-state index is 12.9. The Balaban J connectivity index is 1.77. The number of nitrogens with one attached hydrogen (secondary N) is 1. The highest BCUT2D eigenvalue weighted by Crippen LogP contribution is 2.31. The lowest BCUT2D eigenvalue weighted by molar-refractivity contribution is -0.141. The molecule has 0 radical (unpaired) electrons. The van der Waals surface area contributed by atoms with Gasteiger partial charge in [-0.1, -0.05) is 18.2 Å². The highest BCUT2D eigenvalue weighted by molar-refractivity contribution is 5.94. The fourth-order valence-electron chi connectivity index (χ4n) is 3.08. The second kappa shape index (κ2) is 10.2. The Labute approximate surface area is 180 Å². The first-order valence-electron chi connectivity index (χ1n) is 9.55. The number of amides is 1. The zero-order valence-electron chi connectivity index (χ0n) is 17.6. The van der Waals surface area contributed by atoms with E-state index >= 15 is 0 Å². The molecule has 1 aromatic heterocycles. The lowest BCUT2D eigenvalue weighted by atomic mass is 10.0. The Bertz CT molecular complexity index is 1020. The van der Waals surface area contributed by atoms with Gasteiger partial charge in [-0.05, 0) is 35.4 Å². The molecule has 0 saturated heterocycles. The minimum Gasteiger partial charge on any atom is -0.493 e. The summed E-state index contributed by atoms with van der Waals surface area (Å²) in [5.41, 5.74) is 2.14. The number of hydrogen-bond donors (Lipinski definition) is 1. The number of ether oxygens (including phenoxy) is 3. The molecule has 0 aliphatic heterocycles. The predicted molar refractivity (Wildman–Crippen MR) is 112 cm³/mol. The molecule has 31 heavy (non-hydrogen) atoms. The monoisotopic (exact) mass is 424 g/mol. The van der Waals surface area contributed by atoms with E-state index < -0.39 is 12.0 Å². The average Bonchev–Trinajstić information content (AvgIpc) is 3.31. The molecule has 3 aromatic rings. The standard InChI is InChI=1S/C22H24N4O5/c1-29-19-9-8-17(10-20(19)30-2)18(11-21(27)31-3)25-22(28)16-6-4-15(5-7-16)12-26-14-23-13-24-26/h4-10,13-14,18H,11-12H2,1-3H3,(H,25,28). The summed E-state index contributed by atoms with van der Waals surface area (Å²) >= 11 is 0. The molecule has 1 amide bonds. The van der Waals surface area contributed by atoms with Crippen LogP contribution in [-0.2, 0) is 16.1 Å². The van der Waals surface area contributed by atoms with Gasteiger partial charge in [0.1, 0.15) is 12.7 Å². The van der Waals surface area contributed by atoms with Gasteiger partial charge in [-0.25, -0.2) is 9.67 Å². The Hall–Kier alpha value is -3.88. The zero-order valence-corrected chi connectivity index (χ0v) is 17.6. The van der Waals surface area contributed by atoms with Gasteiger partial charge in [-0.15, -0.1) is 0 Å². The molecule has 0 spiro atoms. The smallest absolute Gasteiger partial charge is 0.307 e. The van der Waals surface area contributed by atoms with Gasteiger partial charge >= 0.3 is 5.97 Å². The molecule has 1 atom stereocenters. The molecule has 0 aliphatic carbocycles. The van der Waals surface area contributed by atoms with Gasteiger partial charge in [0, 0.05) is 5.56 Å². The number of carbonyl (C=O) groups excluding carboxylic acids is 2. The topological polar surface area (TPSA) is 105 Å². The van der Waals surface area contributed by atoms with Crippen LogP contribution in [0.4, 0.5) is 0 Å². The van der Waals surface area contributed by atoms with Crippen molar-refractivity contribution in [2.45, 2.75) is 19.0 Å². The van der Waals surface area contributed by atoms with Crippen molar-refractivity contribution < 1.29 is 23.8 Å². The van der Waals surface area contributed by atoms with E-state index in [4.69, 9.17) is 14.2 Å². The Kier molecular flexibility index (Phi) is 7.21. The van der Waals surface area contributed by atoms with Crippen LogP contribution in [0.1, 0.15) is 33.9 Å². The van der Waals surface area contributed by atoms with Gasteiger partial charge in [0.2, 0.25) is 0 Å². The quantitative estimate of drug-likeness (QED) is 0.526. The molecule has 0 bridgehead atoms. The van der Waals surface area contributed by atoms with Gasteiger partial charge in [0.05, 0.1) is 40.3 Å². The molecule has 0 fully saturated rings. The van der Waals surface area contributed by atoms with E-state index in [1.165, 1.54) is 27.7 Å². The average molecular weight is 424 g/mol. The molecule has 162 valence electrons. The minimum absolute atomic E-state index is 0.0257. The highest BCUT2D eigenvalue weighted by Gasteiger charge is 2.21. The molecule has 0 saturated carbocycles. The normalized spacial score (nSPS) is 11.5. The largest absolute Gasteiger partial charge is 0.493 e. The molecule has 1 unspecified atom stereocenters. The molecule has 1 heterocycles. The van der Waals surface area contributed by atoms with Crippen molar-refractivity contribution >= 4 is 11.9 Å². The van der Waals surface area contributed by atoms with E-state index in [1.807, 2.05) is 12.1 Å². The molecule has 1 N–H and O–H groups in total.